The molecule has 3 rings (SSSR count). The highest BCUT2D eigenvalue weighted by Gasteiger charge is 2.18. The van der Waals surface area contributed by atoms with Gasteiger partial charge in [-0.3, -0.25) is 4.72 Å². The molecule has 0 atom stereocenters. The van der Waals surface area contributed by atoms with Crippen LogP contribution in [0.15, 0.2) is 53.6 Å². The van der Waals surface area contributed by atoms with Crippen molar-refractivity contribution in [2.45, 2.75) is 25.8 Å². The fourth-order valence-electron chi connectivity index (χ4n) is 2.84. The molecule has 0 aliphatic carbocycles. The van der Waals surface area contributed by atoms with E-state index < -0.39 is 10.0 Å². The van der Waals surface area contributed by atoms with Crippen molar-refractivity contribution in [3.63, 3.8) is 0 Å². The molecule has 0 fully saturated rings. The van der Waals surface area contributed by atoms with Crippen LogP contribution in [0.5, 0.6) is 0 Å². The number of nitrogens with zero attached hydrogens (tertiary/aromatic N) is 2. The summed E-state index contributed by atoms with van der Waals surface area (Å²) in [5.41, 5.74) is 10.4. The maximum Gasteiger partial charge on any atom is 0.280 e. The number of nitrogens with one attached hydrogen (secondary N) is 1. The number of nitrogens with two attached hydrogens (primary N) is 1. The zero-order valence-electron chi connectivity index (χ0n) is 14.8. The van der Waals surface area contributed by atoms with Crippen LogP contribution in [0.4, 0.5) is 11.6 Å². The van der Waals surface area contributed by atoms with E-state index in [1.165, 1.54) is 12.1 Å². The van der Waals surface area contributed by atoms with Gasteiger partial charge in [0.15, 0.2) is 5.03 Å². The van der Waals surface area contributed by atoms with Crippen LogP contribution in [-0.2, 0) is 10.0 Å². The Morgan fingerprint density at radius 3 is 2.23 bits per heavy atom. The van der Waals surface area contributed by atoms with Crippen LogP contribution in [-0.4, -0.2) is 18.4 Å². The van der Waals surface area contributed by atoms with E-state index >= 15 is 0 Å². The number of pyridine rings is 2. The molecule has 0 unspecified atom stereocenters. The lowest BCUT2D eigenvalue weighted by molar-refractivity contribution is 0.597. The Morgan fingerprint density at radius 2 is 1.58 bits per heavy atom. The van der Waals surface area contributed by atoms with Gasteiger partial charge in [-0.05, 0) is 61.7 Å². The smallest absolute Gasteiger partial charge is 0.280 e. The van der Waals surface area contributed by atoms with Crippen LogP contribution in [0.3, 0.4) is 0 Å². The Bertz CT molecular complexity index is 1060. The average Bonchev–Trinajstić information content (AvgIpc) is 2.53. The Balaban J connectivity index is 2.04. The first-order valence-electron chi connectivity index (χ1n) is 8.07. The van der Waals surface area contributed by atoms with Crippen LogP contribution in [0, 0.1) is 20.8 Å². The van der Waals surface area contributed by atoms with Crippen molar-refractivity contribution >= 4 is 21.7 Å². The number of rotatable bonds is 4. The van der Waals surface area contributed by atoms with Crippen LogP contribution in [0.1, 0.15) is 16.7 Å². The quantitative estimate of drug-likeness (QED) is 0.735. The largest absolute Gasteiger partial charge is 0.384 e. The summed E-state index contributed by atoms with van der Waals surface area (Å²) in [5.74, 6) is 0.383. The van der Waals surface area contributed by atoms with Gasteiger partial charge >= 0.3 is 0 Å². The highest BCUT2D eigenvalue weighted by molar-refractivity contribution is 7.92. The molecule has 3 N–H and O–H groups in total. The normalized spacial score (nSPS) is 11.3. The van der Waals surface area contributed by atoms with Gasteiger partial charge in [0.25, 0.3) is 10.0 Å². The number of benzene rings is 1. The predicted octanol–water partition coefficient (Wildman–Crippen LogP) is 3.45. The zero-order chi connectivity index (χ0) is 18.9. The Hall–Kier alpha value is -2.93. The number of sulfonamides is 1. The summed E-state index contributed by atoms with van der Waals surface area (Å²) in [6, 6.07) is 14.1. The molecule has 26 heavy (non-hydrogen) atoms. The number of aryl methyl sites for hydroxylation is 3. The fourth-order valence-corrected chi connectivity index (χ4v) is 3.80. The lowest BCUT2D eigenvalue weighted by Crippen LogP contribution is -2.16. The molecule has 0 amide bonds. The first-order valence-corrected chi connectivity index (χ1v) is 9.55. The maximum absolute atomic E-state index is 12.6. The molecule has 7 heteroatoms. The number of hydrogen-bond acceptors (Lipinski definition) is 5. The van der Waals surface area contributed by atoms with E-state index in [1.54, 1.807) is 12.1 Å². The van der Waals surface area contributed by atoms with Gasteiger partial charge in [0.05, 0.1) is 5.69 Å². The molecule has 1 aromatic carbocycles. The van der Waals surface area contributed by atoms with E-state index in [9.17, 15) is 8.42 Å². The van der Waals surface area contributed by atoms with Crippen LogP contribution in [0.25, 0.3) is 11.3 Å². The molecule has 0 aliphatic heterocycles. The summed E-state index contributed by atoms with van der Waals surface area (Å²) in [5, 5.41) is -0.144. The number of aromatic nitrogens is 2. The molecule has 2 heterocycles. The Morgan fingerprint density at radius 1 is 0.923 bits per heavy atom. The van der Waals surface area contributed by atoms with E-state index in [0.717, 1.165) is 27.9 Å². The summed E-state index contributed by atoms with van der Waals surface area (Å²) in [6.07, 6.45) is 0. The van der Waals surface area contributed by atoms with Gasteiger partial charge in [0, 0.05) is 5.56 Å². The summed E-state index contributed by atoms with van der Waals surface area (Å²) in [6.45, 7) is 5.91. The highest BCUT2D eigenvalue weighted by atomic mass is 32.2. The third-order valence-corrected chi connectivity index (χ3v) is 5.22. The molecule has 0 spiro atoms. The molecule has 3 aromatic rings. The minimum absolute atomic E-state index is 0.140. The van der Waals surface area contributed by atoms with Crippen molar-refractivity contribution in [3.8, 4) is 11.3 Å². The molecule has 0 saturated carbocycles. The summed E-state index contributed by atoms with van der Waals surface area (Å²) in [7, 11) is -3.88. The molecular formula is C19H20N4O2S. The van der Waals surface area contributed by atoms with Gasteiger partial charge in [0.1, 0.15) is 11.6 Å². The summed E-state index contributed by atoms with van der Waals surface area (Å²) in [4.78, 5) is 8.38. The summed E-state index contributed by atoms with van der Waals surface area (Å²) >= 11 is 0. The minimum atomic E-state index is -3.88. The third-order valence-electron chi connectivity index (χ3n) is 3.97. The first-order chi connectivity index (χ1) is 12.3. The fraction of sp³-hybridized carbons (Fsp3) is 0.158. The van der Waals surface area contributed by atoms with Gasteiger partial charge in [-0.2, -0.15) is 8.42 Å². The first kappa shape index (κ1) is 17.9. The van der Waals surface area contributed by atoms with Crippen molar-refractivity contribution in [1.29, 1.82) is 0 Å². The maximum atomic E-state index is 12.6. The van der Waals surface area contributed by atoms with Crippen LogP contribution >= 0.6 is 0 Å². The molecular weight excluding hydrogens is 348 g/mol. The second-order valence-corrected chi connectivity index (χ2v) is 7.82. The average molecular weight is 368 g/mol. The van der Waals surface area contributed by atoms with Crippen LogP contribution < -0.4 is 10.5 Å². The lowest BCUT2D eigenvalue weighted by atomic mass is 9.99. The molecule has 0 bridgehead atoms. The van der Waals surface area contributed by atoms with Gasteiger partial charge in [-0.1, -0.05) is 24.3 Å². The molecule has 0 saturated heterocycles. The Labute approximate surface area is 153 Å². The number of nitrogen functional groups attached to an aromatic ring is 1. The van der Waals surface area contributed by atoms with E-state index in [-0.39, 0.29) is 16.7 Å². The molecule has 0 radical (unpaired) electrons. The SMILES string of the molecule is Cc1cc(NS(=O)(=O)c2cccc(N)n2)nc(-c2c(C)cccc2C)c1. The molecule has 6 nitrogen and oxygen atoms in total. The number of anilines is 2. The van der Waals surface area contributed by atoms with E-state index in [1.807, 2.05) is 45.0 Å². The number of hydrogen-bond donors (Lipinski definition) is 2. The van der Waals surface area contributed by atoms with E-state index in [4.69, 9.17) is 5.73 Å². The van der Waals surface area contributed by atoms with Gasteiger partial charge in [0.2, 0.25) is 0 Å². The van der Waals surface area contributed by atoms with Crippen molar-refractivity contribution in [1.82, 2.24) is 9.97 Å². The molecule has 0 aliphatic rings. The molecule has 134 valence electrons. The highest BCUT2D eigenvalue weighted by Crippen LogP contribution is 2.28. The van der Waals surface area contributed by atoms with Crippen molar-refractivity contribution in [2.24, 2.45) is 0 Å². The standard InChI is InChI=1S/C19H20N4O2S/c1-12-10-15(19-13(2)6-4-7-14(19)3)21-17(11-12)23-26(24,25)18-9-5-8-16(20)22-18/h4-11H,1-3H3,(H2,20,22)(H,21,23). The van der Waals surface area contributed by atoms with Gasteiger partial charge < -0.3 is 5.73 Å². The second kappa shape index (κ2) is 6.76. The Kier molecular flexibility index (Phi) is 4.65. The van der Waals surface area contributed by atoms with Gasteiger partial charge in [-0.25, -0.2) is 9.97 Å². The molecule has 2 aromatic heterocycles. The third kappa shape index (κ3) is 3.67. The minimum Gasteiger partial charge on any atom is -0.384 e. The van der Waals surface area contributed by atoms with Crippen LogP contribution in [0.2, 0.25) is 0 Å². The second-order valence-electron chi connectivity index (χ2n) is 6.19. The van der Waals surface area contributed by atoms with Crippen molar-refractivity contribution in [3.05, 3.63) is 65.2 Å². The van der Waals surface area contributed by atoms with E-state index in [0.29, 0.717) is 0 Å². The zero-order valence-corrected chi connectivity index (χ0v) is 15.6. The van der Waals surface area contributed by atoms with Crippen molar-refractivity contribution < 1.29 is 8.42 Å². The monoisotopic (exact) mass is 368 g/mol. The summed E-state index contributed by atoms with van der Waals surface area (Å²) < 4.78 is 27.6. The van der Waals surface area contributed by atoms with E-state index in [2.05, 4.69) is 14.7 Å². The van der Waals surface area contributed by atoms with Gasteiger partial charge in [-0.15, -0.1) is 0 Å². The lowest BCUT2D eigenvalue weighted by Gasteiger charge is -2.13. The predicted molar refractivity (Wildman–Crippen MR) is 103 cm³/mol. The van der Waals surface area contributed by atoms with Crippen molar-refractivity contribution in [2.75, 3.05) is 10.5 Å². The topological polar surface area (TPSA) is 98.0 Å².